The number of aromatic nitrogens is 2. The predicted molar refractivity (Wildman–Crippen MR) is 134 cm³/mol. The lowest BCUT2D eigenvalue weighted by molar-refractivity contribution is -0.116. The number of carbonyl (C=O) groups is 2. The second-order valence-corrected chi connectivity index (χ2v) is 9.28. The van der Waals surface area contributed by atoms with Crippen LogP contribution < -0.4 is 10.1 Å². The molecule has 0 unspecified atom stereocenters. The first-order chi connectivity index (χ1) is 16.8. The van der Waals surface area contributed by atoms with Crippen LogP contribution in [0.25, 0.3) is 0 Å². The van der Waals surface area contributed by atoms with Crippen molar-refractivity contribution in [3.63, 3.8) is 0 Å². The number of carbonyl (C=O) groups excluding carboxylic acids is 2. The zero-order valence-corrected chi connectivity index (χ0v) is 21.4. The molecule has 9 heteroatoms. The summed E-state index contributed by atoms with van der Waals surface area (Å²) in [4.78, 5) is 37.7. The highest BCUT2D eigenvalue weighted by atomic mass is 16.5. The van der Waals surface area contributed by atoms with Crippen molar-refractivity contribution in [3.05, 3.63) is 48.0 Å². The van der Waals surface area contributed by atoms with Crippen LogP contribution >= 0.6 is 0 Å². The van der Waals surface area contributed by atoms with Crippen LogP contribution in [0.2, 0.25) is 0 Å². The third kappa shape index (κ3) is 7.22. The van der Waals surface area contributed by atoms with Crippen molar-refractivity contribution in [2.75, 3.05) is 39.2 Å². The van der Waals surface area contributed by atoms with Crippen molar-refractivity contribution < 1.29 is 19.1 Å². The van der Waals surface area contributed by atoms with Crippen LogP contribution in [0.15, 0.2) is 36.9 Å². The second kappa shape index (κ2) is 12.6. The molecule has 190 valence electrons. The number of likely N-dealkylation sites (N-methyl/N-ethyl adjacent to an activating group) is 1. The van der Waals surface area contributed by atoms with E-state index in [-0.39, 0.29) is 29.9 Å². The smallest absolute Gasteiger partial charge is 0.257 e. The summed E-state index contributed by atoms with van der Waals surface area (Å²) in [6, 6.07) is 5.23. The summed E-state index contributed by atoms with van der Waals surface area (Å²) in [7, 11) is 3.46. The maximum atomic E-state index is 13.3. The Labute approximate surface area is 207 Å². The van der Waals surface area contributed by atoms with Crippen LogP contribution in [-0.4, -0.2) is 77.6 Å². The summed E-state index contributed by atoms with van der Waals surface area (Å²) < 4.78 is 12.0. The lowest BCUT2D eigenvalue weighted by Crippen LogP contribution is -2.46. The number of benzene rings is 1. The van der Waals surface area contributed by atoms with Gasteiger partial charge in [0.05, 0.1) is 11.7 Å². The number of ether oxygens (including phenoxy) is 2. The molecule has 0 spiro atoms. The van der Waals surface area contributed by atoms with Crippen molar-refractivity contribution in [2.45, 2.75) is 52.3 Å². The highest BCUT2D eigenvalue weighted by Gasteiger charge is 2.28. The molecule has 0 saturated carbocycles. The lowest BCUT2D eigenvalue weighted by Gasteiger charge is -2.36. The summed E-state index contributed by atoms with van der Waals surface area (Å²) in [6.45, 7) is 8.43. The lowest BCUT2D eigenvalue weighted by atomic mass is 10.0. The number of methoxy groups -OCH3 is 1. The van der Waals surface area contributed by atoms with E-state index in [4.69, 9.17) is 9.47 Å². The van der Waals surface area contributed by atoms with E-state index >= 15 is 0 Å². The fourth-order valence-electron chi connectivity index (χ4n) is 4.24. The largest absolute Gasteiger partial charge is 0.491 e. The van der Waals surface area contributed by atoms with Gasteiger partial charge in [-0.15, -0.1) is 0 Å². The highest BCUT2D eigenvalue weighted by molar-refractivity contribution is 5.98. The Morgan fingerprint density at radius 2 is 1.97 bits per heavy atom. The molecule has 9 nitrogen and oxygen atoms in total. The third-order valence-corrected chi connectivity index (χ3v) is 6.34. The summed E-state index contributed by atoms with van der Waals surface area (Å²) in [5.74, 6) is 0.406. The summed E-state index contributed by atoms with van der Waals surface area (Å²) in [6.07, 6.45) is 6.23. The van der Waals surface area contributed by atoms with Crippen LogP contribution in [0.1, 0.15) is 49.5 Å². The van der Waals surface area contributed by atoms with Gasteiger partial charge in [0, 0.05) is 76.0 Å². The first kappa shape index (κ1) is 26.6. The van der Waals surface area contributed by atoms with Crippen LogP contribution in [0.4, 0.5) is 5.69 Å². The van der Waals surface area contributed by atoms with Gasteiger partial charge in [-0.3, -0.25) is 14.5 Å². The molecule has 2 heterocycles. The number of hydrogen-bond acceptors (Lipinski definition) is 7. The van der Waals surface area contributed by atoms with Gasteiger partial charge >= 0.3 is 0 Å². The summed E-state index contributed by atoms with van der Waals surface area (Å²) in [5, 5.41) is 2.89. The number of amides is 2. The zero-order chi connectivity index (χ0) is 25.4. The molecule has 1 aliphatic rings. The minimum atomic E-state index is -0.146. The summed E-state index contributed by atoms with van der Waals surface area (Å²) >= 11 is 0. The molecule has 1 N–H and O–H groups in total. The van der Waals surface area contributed by atoms with Crippen molar-refractivity contribution in [1.82, 2.24) is 19.8 Å². The molecule has 2 aromatic rings. The fraction of sp³-hybridized carbons (Fsp3) is 0.538. The Balaban J connectivity index is 1.92. The Kier molecular flexibility index (Phi) is 9.56. The topological polar surface area (TPSA) is 96.9 Å². The minimum Gasteiger partial charge on any atom is -0.491 e. The molecule has 3 rings (SSSR count). The SMILES string of the molecule is CCCC(=O)Nc1ccc2c(c1)OC[C@@H](C)N(Cc1cncnc1)C[C@H](C)[C@@H](OC)CN(C)C2=O. The molecule has 0 aliphatic carbocycles. The quantitative estimate of drug-likeness (QED) is 0.674. The van der Waals surface area contributed by atoms with Gasteiger partial charge in [-0.1, -0.05) is 13.8 Å². The first-order valence-electron chi connectivity index (χ1n) is 12.1. The third-order valence-electron chi connectivity index (χ3n) is 6.34. The van der Waals surface area contributed by atoms with Crippen molar-refractivity contribution in [2.24, 2.45) is 5.92 Å². The number of nitrogens with one attached hydrogen (secondary N) is 1. The van der Waals surface area contributed by atoms with Gasteiger partial charge in [-0.05, 0) is 31.4 Å². The molecule has 0 radical (unpaired) electrons. The van der Waals surface area contributed by atoms with E-state index < -0.39 is 0 Å². The normalized spacial score (nSPS) is 21.9. The molecule has 35 heavy (non-hydrogen) atoms. The molecular formula is C26H37N5O4. The highest BCUT2D eigenvalue weighted by Crippen LogP contribution is 2.27. The maximum absolute atomic E-state index is 13.3. The molecule has 0 saturated heterocycles. The monoisotopic (exact) mass is 483 g/mol. The first-order valence-corrected chi connectivity index (χ1v) is 12.1. The van der Waals surface area contributed by atoms with E-state index in [9.17, 15) is 9.59 Å². The van der Waals surface area contributed by atoms with E-state index in [2.05, 4.69) is 34.0 Å². The molecular weight excluding hydrogens is 446 g/mol. The van der Waals surface area contributed by atoms with Crippen LogP contribution in [0.3, 0.4) is 0 Å². The van der Waals surface area contributed by atoms with Crippen molar-refractivity contribution in [1.29, 1.82) is 0 Å². The Morgan fingerprint density at radius 3 is 2.66 bits per heavy atom. The number of hydrogen-bond donors (Lipinski definition) is 1. The van der Waals surface area contributed by atoms with Gasteiger partial charge < -0.3 is 19.7 Å². The number of nitrogens with zero attached hydrogens (tertiary/aromatic N) is 4. The molecule has 2 amide bonds. The molecule has 0 bridgehead atoms. The van der Waals surface area contributed by atoms with Crippen molar-refractivity contribution in [3.8, 4) is 5.75 Å². The Bertz CT molecular complexity index is 987. The molecule has 3 atom stereocenters. The predicted octanol–water partition coefficient (Wildman–Crippen LogP) is 3.22. The van der Waals surface area contributed by atoms with Gasteiger partial charge in [0.2, 0.25) is 5.91 Å². The Hall–Kier alpha value is -3.04. The number of anilines is 1. The van der Waals surface area contributed by atoms with E-state index in [1.807, 2.05) is 19.3 Å². The zero-order valence-electron chi connectivity index (χ0n) is 21.4. The van der Waals surface area contributed by atoms with E-state index in [1.54, 1.807) is 37.3 Å². The second-order valence-electron chi connectivity index (χ2n) is 9.28. The van der Waals surface area contributed by atoms with Crippen molar-refractivity contribution >= 4 is 17.5 Å². The molecule has 0 fully saturated rings. The van der Waals surface area contributed by atoms with Gasteiger partial charge in [0.15, 0.2) is 0 Å². The number of rotatable bonds is 6. The Morgan fingerprint density at radius 1 is 1.23 bits per heavy atom. The van der Waals surface area contributed by atoms with Gasteiger partial charge in [0.25, 0.3) is 5.91 Å². The summed E-state index contributed by atoms with van der Waals surface area (Å²) in [5.41, 5.74) is 2.08. The standard InChI is InChI=1S/C26H37N5O4/c1-6-7-25(32)29-21-8-9-22-23(10-21)35-16-19(3)31(14-20-11-27-17-28-12-20)13-18(2)24(34-5)15-30(4)26(22)33/h8-12,17-19,24H,6-7,13-16H2,1-5H3,(H,29,32)/t18-,19+,24-/m0/s1. The molecule has 1 aromatic carbocycles. The van der Waals surface area contributed by atoms with Gasteiger partial charge in [-0.2, -0.15) is 0 Å². The van der Waals surface area contributed by atoms with Gasteiger partial charge in [-0.25, -0.2) is 9.97 Å². The van der Waals surface area contributed by atoms with E-state index in [0.29, 0.717) is 43.1 Å². The average molecular weight is 484 g/mol. The maximum Gasteiger partial charge on any atom is 0.257 e. The van der Waals surface area contributed by atoms with Crippen LogP contribution in [0, 0.1) is 5.92 Å². The minimum absolute atomic E-state index is 0.0357. The van der Waals surface area contributed by atoms with Gasteiger partial charge in [0.1, 0.15) is 18.7 Å². The molecule has 1 aliphatic heterocycles. The van der Waals surface area contributed by atoms with Crippen LogP contribution in [0.5, 0.6) is 5.75 Å². The fourth-order valence-corrected chi connectivity index (χ4v) is 4.24. The van der Waals surface area contributed by atoms with Crippen LogP contribution in [-0.2, 0) is 16.1 Å². The molecule has 1 aromatic heterocycles. The average Bonchev–Trinajstić information content (AvgIpc) is 2.85. The van der Waals surface area contributed by atoms with E-state index in [1.165, 1.54) is 6.33 Å². The number of fused-ring (bicyclic) bond motifs is 1. The van der Waals surface area contributed by atoms with E-state index in [0.717, 1.165) is 18.5 Å².